The van der Waals surface area contributed by atoms with E-state index >= 15 is 0 Å². The lowest BCUT2D eigenvalue weighted by Crippen LogP contribution is -2.34. The van der Waals surface area contributed by atoms with Crippen molar-refractivity contribution in [1.29, 1.82) is 0 Å². The molecular formula is C44H55N7O5. The molecule has 3 N–H and O–H groups in total. The number of amides is 2. The Hall–Kier alpha value is -5.72. The number of piperidine rings is 1. The molecule has 1 fully saturated rings. The molecule has 1 saturated heterocycles. The van der Waals surface area contributed by atoms with E-state index in [9.17, 15) is 9.59 Å². The Bertz CT molecular complexity index is 1910. The average Bonchev–Trinajstić information content (AvgIpc) is 3.50. The van der Waals surface area contributed by atoms with Crippen LogP contribution in [0.15, 0.2) is 107 Å². The van der Waals surface area contributed by atoms with E-state index in [1.54, 1.807) is 48.3 Å². The fourth-order valence-corrected chi connectivity index (χ4v) is 6.61. The summed E-state index contributed by atoms with van der Waals surface area (Å²) in [6, 6.07) is 18.1. The number of carbonyl (C=O) groups is 2. The van der Waals surface area contributed by atoms with E-state index in [0.717, 1.165) is 56.5 Å². The highest BCUT2D eigenvalue weighted by Crippen LogP contribution is 2.32. The van der Waals surface area contributed by atoms with Gasteiger partial charge in [-0.1, -0.05) is 37.3 Å². The number of aliphatic imine (C=N–C) groups is 2. The first-order valence-corrected chi connectivity index (χ1v) is 19.1. The van der Waals surface area contributed by atoms with E-state index in [2.05, 4.69) is 52.2 Å². The van der Waals surface area contributed by atoms with Gasteiger partial charge in [0.15, 0.2) is 18.2 Å². The number of nitrogens with zero attached hydrogens (tertiary/aromatic N) is 5. The lowest BCUT2D eigenvalue weighted by molar-refractivity contribution is 0.0791. The quantitative estimate of drug-likeness (QED) is 0.0605. The molecule has 0 bridgehead atoms. The van der Waals surface area contributed by atoms with Crippen molar-refractivity contribution < 1.29 is 23.9 Å². The van der Waals surface area contributed by atoms with E-state index < -0.39 is 0 Å². The third-order valence-corrected chi connectivity index (χ3v) is 9.92. The van der Waals surface area contributed by atoms with Crippen molar-refractivity contribution in [3.63, 3.8) is 0 Å². The summed E-state index contributed by atoms with van der Waals surface area (Å²) in [6.45, 7) is 8.91. The molecule has 0 saturated carbocycles. The molecule has 1 atom stereocenters. The monoisotopic (exact) mass is 761 g/mol. The summed E-state index contributed by atoms with van der Waals surface area (Å²) in [5.74, 6) is 1.76. The zero-order chi connectivity index (χ0) is 39.9. The fourth-order valence-electron chi connectivity index (χ4n) is 6.61. The van der Waals surface area contributed by atoms with Crippen molar-refractivity contribution in [2.45, 2.75) is 45.1 Å². The molecule has 0 spiro atoms. The molecule has 0 aromatic heterocycles. The summed E-state index contributed by atoms with van der Waals surface area (Å²) in [5.41, 5.74) is 13.0. The number of hydrogen-bond donors (Lipinski definition) is 2. The molecule has 1 aliphatic carbocycles. The smallest absolute Gasteiger partial charge is 0.260 e. The van der Waals surface area contributed by atoms with Crippen LogP contribution in [0.1, 0.15) is 59.7 Å². The van der Waals surface area contributed by atoms with Gasteiger partial charge in [0.05, 0.1) is 24.9 Å². The van der Waals surface area contributed by atoms with Gasteiger partial charge in [-0.25, -0.2) is 0 Å². The third kappa shape index (κ3) is 11.4. The van der Waals surface area contributed by atoms with Crippen molar-refractivity contribution in [3.8, 4) is 17.2 Å². The van der Waals surface area contributed by atoms with Crippen LogP contribution in [-0.4, -0.2) is 89.8 Å². The van der Waals surface area contributed by atoms with Gasteiger partial charge in [0.25, 0.3) is 11.8 Å². The molecule has 2 aliphatic rings. The van der Waals surface area contributed by atoms with Crippen molar-refractivity contribution >= 4 is 41.8 Å². The standard InChI is InChI=1S/C44H55N7O5/c1-32-22-25-50(26-23-32)37-17-20-40(47-3)39(28-37)44(53)51(30-33-11-8-6-7-9-12-33)36-15-18-38(19-16-36)55-31-48-56-41-21-14-34(27-42(41)54-5)43(52)49(4)24-10-13-35(45)29-46-2/h6,8-9,11-12,14-21,27-29,32,35,48H,3,7,10,13,22-26,30-31,45H2,1-2,4-5H3. The maximum Gasteiger partial charge on any atom is 0.260 e. The van der Waals surface area contributed by atoms with Crippen molar-refractivity contribution in [2.24, 2.45) is 21.6 Å². The van der Waals surface area contributed by atoms with Crippen LogP contribution >= 0.6 is 0 Å². The van der Waals surface area contributed by atoms with Crippen molar-refractivity contribution in [2.75, 3.05) is 63.9 Å². The lowest BCUT2D eigenvalue weighted by Gasteiger charge is -2.32. The highest BCUT2D eigenvalue weighted by atomic mass is 16.7. The van der Waals surface area contributed by atoms with E-state index in [1.165, 1.54) is 7.11 Å². The van der Waals surface area contributed by atoms with Gasteiger partial charge in [0.2, 0.25) is 0 Å². The first-order valence-electron chi connectivity index (χ1n) is 19.1. The van der Waals surface area contributed by atoms with E-state index in [4.69, 9.17) is 20.0 Å². The van der Waals surface area contributed by atoms with Gasteiger partial charge in [-0.05, 0) is 111 Å². The molecule has 1 heterocycles. The van der Waals surface area contributed by atoms with Gasteiger partial charge < -0.3 is 34.7 Å². The van der Waals surface area contributed by atoms with Gasteiger partial charge in [-0.3, -0.25) is 19.6 Å². The molecule has 56 heavy (non-hydrogen) atoms. The molecule has 3 aromatic rings. The van der Waals surface area contributed by atoms with Crippen molar-refractivity contribution in [3.05, 3.63) is 108 Å². The van der Waals surface area contributed by atoms with E-state index in [-0.39, 0.29) is 24.6 Å². The molecule has 3 aromatic carbocycles. The first kappa shape index (κ1) is 41.4. The topological polar surface area (TPSA) is 134 Å². The molecule has 2 amide bonds. The number of ether oxygens (including phenoxy) is 2. The van der Waals surface area contributed by atoms with Gasteiger partial charge >= 0.3 is 0 Å². The van der Waals surface area contributed by atoms with Crippen LogP contribution < -0.4 is 35.3 Å². The number of benzene rings is 3. The van der Waals surface area contributed by atoms with Crippen LogP contribution in [0.2, 0.25) is 0 Å². The minimum absolute atomic E-state index is 0.0138. The largest absolute Gasteiger partial charge is 0.493 e. The number of methoxy groups -OCH3 is 1. The highest BCUT2D eigenvalue weighted by Gasteiger charge is 2.24. The summed E-state index contributed by atoms with van der Waals surface area (Å²) in [4.78, 5) is 47.2. The molecular weight excluding hydrogens is 707 g/mol. The minimum Gasteiger partial charge on any atom is -0.493 e. The number of nitrogens with two attached hydrogens (primary N) is 1. The Kier molecular flexibility index (Phi) is 15.4. The SMILES string of the molecule is C=Nc1ccc(N2CCC(C)CC2)cc1C(=O)N(CC1=CC=CCC=C1)c1ccc(OCNOc2ccc(C(=O)N(C)CCCC(N)C=NC)cc2OC)cc1. The normalized spacial score (nSPS) is 14.9. The number of anilines is 2. The number of carbonyl (C=O) groups excluding carboxylic acids is 2. The number of hydroxylamine groups is 1. The van der Waals surface area contributed by atoms with Gasteiger partial charge in [-0.15, -0.1) is 5.48 Å². The van der Waals surface area contributed by atoms with E-state index in [0.29, 0.717) is 58.8 Å². The summed E-state index contributed by atoms with van der Waals surface area (Å²) in [5, 5.41) is 0. The maximum absolute atomic E-state index is 14.5. The van der Waals surface area contributed by atoms with Crippen LogP contribution in [0.5, 0.6) is 17.2 Å². The third-order valence-electron chi connectivity index (χ3n) is 9.92. The first-order chi connectivity index (χ1) is 27.2. The Balaban J connectivity index is 1.23. The molecule has 12 heteroatoms. The van der Waals surface area contributed by atoms with E-state index in [1.807, 2.05) is 54.6 Å². The second kappa shape index (κ2) is 20.8. The second-order valence-electron chi connectivity index (χ2n) is 14.1. The Morgan fingerprint density at radius 2 is 1.84 bits per heavy atom. The highest BCUT2D eigenvalue weighted by molar-refractivity contribution is 6.10. The minimum atomic E-state index is -0.165. The molecule has 0 radical (unpaired) electrons. The molecule has 12 nitrogen and oxygen atoms in total. The van der Waals surface area contributed by atoms with Crippen LogP contribution in [0, 0.1) is 5.92 Å². The van der Waals surface area contributed by atoms with Crippen molar-refractivity contribution in [1.82, 2.24) is 10.4 Å². The zero-order valence-corrected chi connectivity index (χ0v) is 33.0. The summed E-state index contributed by atoms with van der Waals surface area (Å²) in [7, 11) is 4.97. The lowest BCUT2D eigenvalue weighted by atomic mass is 9.98. The number of hydrogen-bond acceptors (Lipinski definition) is 10. The molecule has 5 rings (SSSR count). The Morgan fingerprint density at radius 1 is 1.05 bits per heavy atom. The summed E-state index contributed by atoms with van der Waals surface area (Å²) >= 11 is 0. The predicted octanol–water partition coefficient (Wildman–Crippen LogP) is 7.15. The summed E-state index contributed by atoms with van der Waals surface area (Å²) < 4.78 is 11.4. The van der Waals surface area contributed by atoms with Crippen LogP contribution in [0.25, 0.3) is 0 Å². The Labute approximate surface area is 331 Å². The second-order valence-corrected chi connectivity index (χ2v) is 14.1. The van der Waals surface area contributed by atoms with Gasteiger partial charge in [0.1, 0.15) is 5.75 Å². The average molecular weight is 762 g/mol. The number of allylic oxidation sites excluding steroid dienone is 4. The Morgan fingerprint density at radius 3 is 2.57 bits per heavy atom. The van der Waals surface area contributed by atoms with Crippen LogP contribution in [-0.2, 0) is 0 Å². The van der Waals surface area contributed by atoms with Crippen LogP contribution in [0.4, 0.5) is 17.1 Å². The zero-order valence-electron chi connectivity index (χ0n) is 33.0. The van der Waals surface area contributed by atoms with Gasteiger partial charge in [-0.2, -0.15) is 0 Å². The molecule has 1 aliphatic heterocycles. The number of rotatable bonds is 18. The summed E-state index contributed by atoms with van der Waals surface area (Å²) in [6.07, 6.45) is 16.6. The fraction of sp³-hybridized carbons (Fsp3) is 0.364. The predicted molar refractivity (Wildman–Crippen MR) is 226 cm³/mol. The number of nitrogens with one attached hydrogen (secondary N) is 1. The van der Waals surface area contributed by atoms with Crippen LogP contribution in [0.3, 0.4) is 0 Å². The maximum atomic E-state index is 14.5. The molecule has 1 unspecified atom stereocenters. The molecule has 296 valence electrons. The van der Waals surface area contributed by atoms with Gasteiger partial charge in [0, 0.05) is 62.9 Å².